The minimum atomic E-state index is 0.395. The summed E-state index contributed by atoms with van der Waals surface area (Å²) in [5.41, 5.74) is 1.000. The van der Waals surface area contributed by atoms with Gasteiger partial charge in [-0.15, -0.1) is 0 Å². The summed E-state index contributed by atoms with van der Waals surface area (Å²) < 4.78 is 1.07. The number of halogens is 1. The van der Waals surface area contributed by atoms with E-state index in [4.69, 9.17) is 0 Å². The highest BCUT2D eigenvalue weighted by Gasteiger charge is 2.17. The Morgan fingerprint density at radius 2 is 1.78 bits per heavy atom. The van der Waals surface area contributed by atoms with E-state index in [0.29, 0.717) is 5.75 Å². The maximum Gasteiger partial charge on any atom is 0.139 e. The molecule has 94 valence electrons. The van der Waals surface area contributed by atoms with Crippen LogP contribution in [0.3, 0.4) is 0 Å². The number of fused-ring (bicyclic) bond motifs is 1. The minimum absolute atomic E-state index is 0.395. The van der Waals surface area contributed by atoms with Gasteiger partial charge in [0.05, 0.1) is 5.69 Å². The summed E-state index contributed by atoms with van der Waals surface area (Å²) in [6, 6.07) is 10.0. The van der Waals surface area contributed by atoms with Crippen LogP contribution in [-0.4, -0.2) is 18.2 Å². The van der Waals surface area contributed by atoms with Gasteiger partial charge in [0.15, 0.2) is 0 Å². The Morgan fingerprint density at radius 3 is 2.56 bits per heavy atom. The molecule has 1 fully saturated rings. The molecule has 1 N–H and O–H groups in total. The van der Waals surface area contributed by atoms with Crippen LogP contribution >= 0.6 is 15.9 Å². The highest BCUT2D eigenvalue weighted by atomic mass is 79.9. The van der Waals surface area contributed by atoms with E-state index >= 15 is 0 Å². The Balaban J connectivity index is 2.16. The molecule has 0 aromatic heterocycles. The van der Waals surface area contributed by atoms with Crippen molar-refractivity contribution in [2.75, 3.05) is 18.0 Å². The minimum Gasteiger partial charge on any atom is -0.506 e. The Hall–Kier alpha value is -1.22. The highest BCUT2D eigenvalue weighted by molar-refractivity contribution is 9.10. The molecule has 2 nitrogen and oxygen atoms in total. The van der Waals surface area contributed by atoms with E-state index in [1.165, 1.54) is 24.6 Å². The summed E-state index contributed by atoms with van der Waals surface area (Å²) in [6.45, 7) is 2.09. The zero-order valence-electron chi connectivity index (χ0n) is 10.2. The average Bonchev–Trinajstić information content (AvgIpc) is 2.40. The van der Waals surface area contributed by atoms with Crippen LogP contribution < -0.4 is 4.90 Å². The summed E-state index contributed by atoms with van der Waals surface area (Å²) in [5, 5.41) is 12.5. The SMILES string of the molecule is Oc1ccc2cc(Br)ccc2c1N1CCCCC1. The lowest BCUT2D eigenvalue weighted by atomic mass is 10.0. The lowest BCUT2D eigenvalue weighted by molar-refractivity contribution is 0.470. The number of phenols is 1. The van der Waals surface area contributed by atoms with Crippen LogP contribution in [-0.2, 0) is 0 Å². The van der Waals surface area contributed by atoms with Crippen LogP contribution in [0, 0.1) is 0 Å². The summed E-state index contributed by atoms with van der Waals surface area (Å²) in [6.07, 6.45) is 3.73. The zero-order valence-corrected chi connectivity index (χ0v) is 11.8. The molecule has 0 amide bonds. The number of anilines is 1. The molecular weight excluding hydrogens is 290 g/mol. The Morgan fingerprint density at radius 1 is 1.00 bits per heavy atom. The molecule has 0 radical (unpaired) electrons. The van der Waals surface area contributed by atoms with Gasteiger partial charge in [-0.05, 0) is 42.8 Å². The van der Waals surface area contributed by atoms with E-state index < -0.39 is 0 Å². The number of rotatable bonds is 1. The summed E-state index contributed by atoms with van der Waals surface area (Å²) in [4.78, 5) is 2.31. The number of benzene rings is 2. The van der Waals surface area contributed by atoms with Crippen LogP contribution in [0.15, 0.2) is 34.8 Å². The monoisotopic (exact) mass is 305 g/mol. The lowest BCUT2D eigenvalue weighted by Crippen LogP contribution is -2.29. The van der Waals surface area contributed by atoms with Crippen molar-refractivity contribution in [3.8, 4) is 5.75 Å². The third kappa shape index (κ3) is 2.07. The second kappa shape index (κ2) is 4.81. The van der Waals surface area contributed by atoms with Gasteiger partial charge < -0.3 is 10.0 Å². The summed E-state index contributed by atoms with van der Waals surface area (Å²) in [5.74, 6) is 0.395. The molecule has 0 atom stereocenters. The van der Waals surface area contributed by atoms with Crippen molar-refractivity contribution >= 4 is 32.4 Å². The third-order valence-electron chi connectivity index (χ3n) is 3.60. The van der Waals surface area contributed by atoms with E-state index in [2.05, 4.69) is 33.0 Å². The van der Waals surface area contributed by atoms with Crippen molar-refractivity contribution < 1.29 is 5.11 Å². The van der Waals surface area contributed by atoms with Crippen LogP contribution in [0.5, 0.6) is 5.75 Å². The summed E-state index contributed by atoms with van der Waals surface area (Å²) >= 11 is 3.50. The first-order chi connectivity index (χ1) is 8.75. The van der Waals surface area contributed by atoms with Crippen molar-refractivity contribution in [1.82, 2.24) is 0 Å². The van der Waals surface area contributed by atoms with E-state index in [0.717, 1.165) is 28.6 Å². The van der Waals surface area contributed by atoms with Gasteiger partial charge in [0.2, 0.25) is 0 Å². The fraction of sp³-hybridized carbons (Fsp3) is 0.333. The van der Waals surface area contributed by atoms with Gasteiger partial charge in [-0.1, -0.05) is 28.1 Å². The highest BCUT2D eigenvalue weighted by Crippen LogP contribution is 2.37. The van der Waals surface area contributed by atoms with Crippen molar-refractivity contribution in [2.24, 2.45) is 0 Å². The van der Waals surface area contributed by atoms with Gasteiger partial charge in [-0.25, -0.2) is 0 Å². The number of hydrogen-bond acceptors (Lipinski definition) is 2. The smallest absolute Gasteiger partial charge is 0.139 e. The predicted octanol–water partition coefficient (Wildman–Crippen LogP) is 4.30. The van der Waals surface area contributed by atoms with Gasteiger partial charge in [-0.3, -0.25) is 0 Å². The quantitative estimate of drug-likeness (QED) is 0.849. The number of aromatic hydroxyl groups is 1. The molecule has 18 heavy (non-hydrogen) atoms. The van der Waals surface area contributed by atoms with Gasteiger partial charge in [-0.2, -0.15) is 0 Å². The first-order valence-corrected chi connectivity index (χ1v) is 7.21. The molecule has 3 rings (SSSR count). The van der Waals surface area contributed by atoms with Gasteiger partial charge in [0.25, 0.3) is 0 Å². The topological polar surface area (TPSA) is 23.5 Å². The van der Waals surface area contributed by atoms with Crippen molar-refractivity contribution in [3.05, 3.63) is 34.8 Å². The van der Waals surface area contributed by atoms with Gasteiger partial charge >= 0.3 is 0 Å². The van der Waals surface area contributed by atoms with Crippen LogP contribution in [0.1, 0.15) is 19.3 Å². The molecule has 1 aliphatic rings. The molecule has 0 unspecified atom stereocenters. The second-order valence-corrected chi connectivity index (χ2v) is 5.76. The number of nitrogens with zero attached hydrogens (tertiary/aromatic N) is 1. The number of phenolic OH excluding ortho intramolecular Hbond substituents is 1. The van der Waals surface area contributed by atoms with Gasteiger partial charge in [0.1, 0.15) is 5.75 Å². The normalized spacial score (nSPS) is 16.2. The van der Waals surface area contributed by atoms with Crippen molar-refractivity contribution in [3.63, 3.8) is 0 Å². The molecule has 0 bridgehead atoms. The molecule has 2 aromatic rings. The van der Waals surface area contributed by atoms with E-state index in [9.17, 15) is 5.11 Å². The summed E-state index contributed by atoms with van der Waals surface area (Å²) in [7, 11) is 0. The Labute approximate surface area is 115 Å². The first kappa shape index (κ1) is 11.8. The van der Waals surface area contributed by atoms with Crippen LogP contribution in [0.4, 0.5) is 5.69 Å². The molecule has 0 saturated carbocycles. The van der Waals surface area contributed by atoms with Crippen molar-refractivity contribution in [1.29, 1.82) is 0 Å². The standard InChI is InChI=1S/C15H16BrNO/c16-12-5-6-13-11(10-12)4-7-14(18)15(13)17-8-2-1-3-9-17/h4-7,10,18H,1-3,8-9H2. The molecule has 1 heterocycles. The fourth-order valence-corrected chi connectivity index (χ4v) is 3.10. The molecule has 0 aliphatic carbocycles. The number of piperidine rings is 1. The van der Waals surface area contributed by atoms with Gasteiger partial charge in [0, 0.05) is 22.9 Å². The van der Waals surface area contributed by atoms with Crippen LogP contribution in [0.2, 0.25) is 0 Å². The van der Waals surface area contributed by atoms with Crippen LogP contribution in [0.25, 0.3) is 10.8 Å². The maximum atomic E-state index is 10.2. The maximum absolute atomic E-state index is 10.2. The van der Waals surface area contributed by atoms with E-state index in [1.54, 1.807) is 6.07 Å². The first-order valence-electron chi connectivity index (χ1n) is 6.42. The lowest BCUT2D eigenvalue weighted by Gasteiger charge is -2.30. The van der Waals surface area contributed by atoms with E-state index in [1.807, 2.05) is 12.1 Å². The third-order valence-corrected chi connectivity index (χ3v) is 4.10. The molecular formula is C15H16BrNO. The van der Waals surface area contributed by atoms with E-state index in [-0.39, 0.29) is 0 Å². The predicted molar refractivity (Wildman–Crippen MR) is 79.4 cm³/mol. The molecule has 0 spiro atoms. The molecule has 3 heteroatoms. The second-order valence-electron chi connectivity index (χ2n) is 4.85. The van der Waals surface area contributed by atoms with Crippen molar-refractivity contribution in [2.45, 2.75) is 19.3 Å². The Kier molecular flexibility index (Phi) is 3.16. The molecule has 1 saturated heterocycles. The average molecular weight is 306 g/mol. The zero-order chi connectivity index (χ0) is 12.5. The largest absolute Gasteiger partial charge is 0.506 e. The number of hydrogen-bond donors (Lipinski definition) is 1. The molecule has 2 aromatic carbocycles. The fourth-order valence-electron chi connectivity index (χ4n) is 2.72. The molecule has 1 aliphatic heterocycles. The Bertz CT molecular complexity index is 576.